The molecule has 0 saturated heterocycles. The highest BCUT2D eigenvalue weighted by atomic mass is 15.0. The lowest BCUT2D eigenvalue weighted by Crippen LogP contribution is -1.96. The molecular weight excluding hydrogens is 438 g/mol. The summed E-state index contributed by atoms with van der Waals surface area (Å²) in [6, 6.07) is 46.0. The van der Waals surface area contributed by atoms with Crippen molar-refractivity contribution in [2.24, 2.45) is 0 Å². The Morgan fingerprint density at radius 2 is 0.667 bits per heavy atom. The van der Waals surface area contributed by atoms with Crippen molar-refractivity contribution < 1.29 is 0 Å². The van der Waals surface area contributed by atoms with Crippen LogP contribution in [0.1, 0.15) is 0 Å². The topological polar surface area (TPSA) is 38.7 Å². The Labute approximate surface area is 210 Å². The Balaban J connectivity index is 1.41. The Morgan fingerprint density at radius 1 is 0.306 bits per heavy atom. The highest BCUT2D eigenvalue weighted by Crippen LogP contribution is 2.32. The Morgan fingerprint density at radius 3 is 1.17 bits per heavy atom. The van der Waals surface area contributed by atoms with Gasteiger partial charge in [-0.15, -0.1) is 0 Å². The first kappa shape index (κ1) is 21.6. The summed E-state index contributed by atoms with van der Waals surface area (Å²) in [5.74, 6) is 1.31. The molecule has 1 aromatic heterocycles. The summed E-state index contributed by atoms with van der Waals surface area (Å²) < 4.78 is 0. The summed E-state index contributed by atoms with van der Waals surface area (Å²) >= 11 is 0. The molecule has 6 rings (SSSR count). The van der Waals surface area contributed by atoms with E-state index in [0.29, 0.717) is 11.6 Å². The van der Waals surface area contributed by atoms with Gasteiger partial charge in [0.2, 0.25) is 0 Å². The molecule has 36 heavy (non-hydrogen) atoms. The highest BCUT2D eigenvalue weighted by Gasteiger charge is 2.11. The minimum Gasteiger partial charge on any atom is -0.217 e. The van der Waals surface area contributed by atoms with Crippen molar-refractivity contribution in [3.63, 3.8) is 0 Å². The maximum Gasteiger partial charge on any atom is 0.163 e. The number of hydrogen-bond donors (Lipinski definition) is 0. The summed E-state index contributed by atoms with van der Waals surface area (Å²) in [5, 5.41) is 0. The van der Waals surface area contributed by atoms with E-state index in [1.807, 2.05) is 18.2 Å². The third-order valence-electron chi connectivity index (χ3n) is 6.23. The van der Waals surface area contributed by atoms with Crippen LogP contribution in [0.5, 0.6) is 0 Å². The van der Waals surface area contributed by atoms with Gasteiger partial charge in [-0.05, 0) is 51.6 Å². The molecule has 5 aromatic carbocycles. The summed E-state index contributed by atoms with van der Waals surface area (Å²) in [6.07, 6.45) is 1.60. The fourth-order valence-corrected chi connectivity index (χ4v) is 4.37. The standard InChI is InChI=1S/C33H23N3/c1-4-10-24(11-5-1)27-16-18-28(19-17-27)32-34-23-35-33(36-32)31-21-29(25-12-6-2-7-13-25)20-30(22-31)26-14-8-3-9-15-26/h1-23H. The zero-order chi connectivity index (χ0) is 24.2. The maximum absolute atomic E-state index is 4.86. The first-order valence-electron chi connectivity index (χ1n) is 11.9. The van der Waals surface area contributed by atoms with Crippen molar-refractivity contribution in [2.45, 2.75) is 0 Å². The second kappa shape index (κ2) is 9.77. The van der Waals surface area contributed by atoms with Crippen LogP contribution in [0.3, 0.4) is 0 Å². The number of aromatic nitrogens is 3. The van der Waals surface area contributed by atoms with E-state index in [1.165, 1.54) is 5.56 Å². The molecule has 3 nitrogen and oxygen atoms in total. The van der Waals surface area contributed by atoms with Gasteiger partial charge in [0.1, 0.15) is 6.33 Å². The molecule has 0 bridgehead atoms. The van der Waals surface area contributed by atoms with Gasteiger partial charge in [0.05, 0.1) is 0 Å². The molecule has 170 valence electrons. The number of nitrogens with zero attached hydrogens (tertiary/aromatic N) is 3. The second-order valence-electron chi connectivity index (χ2n) is 8.61. The molecular formula is C33H23N3. The van der Waals surface area contributed by atoms with Gasteiger partial charge in [-0.1, -0.05) is 115 Å². The minimum atomic E-state index is 0.655. The van der Waals surface area contributed by atoms with Crippen LogP contribution in [0, 0.1) is 0 Å². The minimum absolute atomic E-state index is 0.655. The van der Waals surface area contributed by atoms with Crippen LogP contribution in [-0.4, -0.2) is 15.0 Å². The van der Waals surface area contributed by atoms with Crippen LogP contribution in [0.15, 0.2) is 140 Å². The van der Waals surface area contributed by atoms with Crippen LogP contribution in [-0.2, 0) is 0 Å². The molecule has 0 amide bonds. The molecule has 0 aliphatic rings. The average Bonchev–Trinajstić information content (AvgIpc) is 2.98. The van der Waals surface area contributed by atoms with Gasteiger partial charge in [-0.2, -0.15) is 0 Å². The smallest absolute Gasteiger partial charge is 0.163 e. The predicted octanol–water partition coefficient (Wildman–Crippen LogP) is 8.21. The summed E-state index contributed by atoms with van der Waals surface area (Å²) in [6.45, 7) is 0. The lowest BCUT2D eigenvalue weighted by atomic mass is 9.96. The van der Waals surface area contributed by atoms with E-state index in [4.69, 9.17) is 4.98 Å². The molecule has 0 aliphatic heterocycles. The SMILES string of the molecule is c1ccc(-c2ccc(-c3ncnc(-c4cc(-c5ccccc5)cc(-c5ccccc5)c4)n3)cc2)cc1. The third-order valence-corrected chi connectivity index (χ3v) is 6.23. The monoisotopic (exact) mass is 461 g/mol. The van der Waals surface area contributed by atoms with E-state index in [0.717, 1.165) is 38.9 Å². The van der Waals surface area contributed by atoms with E-state index in [9.17, 15) is 0 Å². The van der Waals surface area contributed by atoms with Crippen molar-refractivity contribution in [2.75, 3.05) is 0 Å². The second-order valence-corrected chi connectivity index (χ2v) is 8.61. The fraction of sp³-hybridized carbons (Fsp3) is 0. The Hall–Kier alpha value is -4.89. The van der Waals surface area contributed by atoms with E-state index >= 15 is 0 Å². The predicted molar refractivity (Wildman–Crippen MR) is 147 cm³/mol. The van der Waals surface area contributed by atoms with Gasteiger partial charge in [0, 0.05) is 11.1 Å². The first-order valence-corrected chi connectivity index (χ1v) is 11.9. The van der Waals surface area contributed by atoms with E-state index in [-0.39, 0.29) is 0 Å². The number of hydrogen-bond acceptors (Lipinski definition) is 3. The van der Waals surface area contributed by atoms with Crippen LogP contribution < -0.4 is 0 Å². The van der Waals surface area contributed by atoms with Crippen LogP contribution in [0.2, 0.25) is 0 Å². The molecule has 3 heteroatoms. The zero-order valence-corrected chi connectivity index (χ0v) is 19.6. The Bertz CT molecular complexity index is 1540. The lowest BCUT2D eigenvalue weighted by Gasteiger charge is -2.11. The molecule has 0 fully saturated rings. The molecule has 0 radical (unpaired) electrons. The first-order chi connectivity index (χ1) is 17.8. The van der Waals surface area contributed by atoms with E-state index in [2.05, 4.69) is 125 Å². The molecule has 0 saturated carbocycles. The van der Waals surface area contributed by atoms with Gasteiger partial charge in [0.25, 0.3) is 0 Å². The molecule has 1 heterocycles. The maximum atomic E-state index is 4.86. The molecule has 0 N–H and O–H groups in total. The zero-order valence-electron chi connectivity index (χ0n) is 19.6. The number of rotatable bonds is 5. The van der Waals surface area contributed by atoms with Crippen LogP contribution in [0.4, 0.5) is 0 Å². The third kappa shape index (κ3) is 4.55. The van der Waals surface area contributed by atoms with Crippen molar-refractivity contribution >= 4 is 0 Å². The lowest BCUT2D eigenvalue weighted by molar-refractivity contribution is 1.07. The van der Waals surface area contributed by atoms with Crippen molar-refractivity contribution in [3.8, 4) is 56.2 Å². The van der Waals surface area contributed by atoms with E-state index < -0.39 is 0 Å². The van der Waals surface area contributed by atoms with Crippen LogP contribution >= 0.6 is 0 Å². The summed E-state index contributed by atoms with van der Waals surface area (Å²) in [7, 11) is 0. The summed E-state index contributed by atoms with van der Waals surface area (Å²) in [5.41, 5.74) is 8.83. The van der Waals surface area contributed by atoms with Gasteiger partial charge in [0.15, 0.2) is 11.6 Å². The van der Waals surface area contributed by atoms with Gasteiger partial charge < -0.3 is 0 Å². The average molecular weight is 462 g/mol. The fourth-order valence-electron chi connectivity index (χ4n) is 4.37. The van der Waals surface area contributed by atoms with Crippen molar-refractivity contribution in [1.29, 1.82) is 0 Å². The van der Waals surface area contributed by atoms with Crippen molar-refractivity contribution in [1.82, 2.24) is 15.0 Å². The van der Waals surface area contributed by atoms with Gasteiger partial charge in [-0.25, -0.2) is 15.0 Å². The number of benzene rings is 5. The normalized spacial score (nSPS) is 10.8. The van der Waals surface area contributed by atoms with Crippen LogP contribution in [0.25, 0.3) is 56.2 Å². The molecule has 0 unspecified atom stereocenters. The molecule has 0 aliphatic carbocycles. The highest BCUT2D eigenvalue weighted by molar-refractivity contribution is 5.79. The summed E-state index contributed by atoms with van der Waals surface area (Å²) in [4.78, 5) is 13.9. The quantitative estimate of drug-likeness (QED) is 0.260. The van der Waals surface area contributed by atoms with Gasteiger partial charge in [-0.3, -0.25) is 0 Å². The molecule has 6 aromatic rings. The molecule has 0 atom stereocenters. The van der Waals surface area contributed by atoms with Crippen molar-refractivity contribution in [3.05, 3.63) is 140 Å². The largest absolute Gasteiger partial charge is 0.217 e. The van der Waals surface area contributed by atoms with Gasteiger partial charge >= 0.3 is 0 Å². The molecule has 0 spiro atoms. The Kier molecular flexibility index (Phi) is 5.87. The van der Waals surface area contributed by atoms with E-state index in [1.54, 1.807) is 6.33 Å².